The minimum absolute atomic E-state index is 0.0423. The first-order chi connectivity index (χ1) is 9.16. The molecule has 4 nitrogen and oxygen atoms in total. The van der Waals surface area contributed by atoms with Crippen LogP contribution in [-0.2, 0) is 20.9 Å². The first kappa shape index (κ1) is 13.5. The van der Waals surface area contributed by atoms with Crippen molar-refractivity contribution in [3.63, 3.8) is 0 Å². The van der Waals surface area contributed by atoms with Crippen molar-refractivity contribution in [3.05, 3.63) is 35.6 Å². The molecule has 1 aliphatic carbocycles. The molecule has 5 heteroatoms. The van der Waals surface area contributed by atoms with Crippen LogP contribution in [0.2, 0.25) is 0 Å². The molecule has 0 aliphatic heterocycles. The summed E-state index contributed by atoms with van der Waals surface area (Å²) in [5.41, 5.74) is 0.404. The van der Waals surface area contributed by atoms with Crippen LogP contribution in [0.3, 0.4) is 0 Å². The zero-order chi connectivity index (χ0) is 13.7. The summed E-state index contributed by atoms with van der Waals surface area (Å²) in [7, 11) is 0. The Hall–Kier alpha value is -1.91. The van der Waals surface area contributed by atoms with Gasteiger partial charge in [-0.3, -0.25) is 9.59 Å². The van der Waals surface area contributed by atoms with Crippen LogP contribution >= 0.6 is 0 Å². The summed E-state index contributed by atoms with van der Waals surface area (Å²) in [6.45, 7) is -0.212. The van der Waals surface area contributed by atoms with E-state index in [1.165, 1.54) is 6.07 Å². The molecule has 19 heavy (non-hydrogen) atoms. The van der Waals surface area contributed by atoms with Gasteiger partial charge in [0.1, 0.15) is 5.82 Å². The maximum absolute atomic E-state index is 13.3. The number of rotatable bonds is 5. The zero-order valence-corrected chi connectivity index (χ0v) is 10.5. The molecule has 1 aliphatic rings. The van der Waals surface area contributed by atoms with Gasteiger partial charge in [0.05, 0.1) is 5.92 Å². The number of ether oxygens (including phenoxy) is 1. The number of amides is 1. The van der Waals surface area contributed by atoms with Crippen LogP contribution in [0, 0.1) is 11.7 Å². The van der Waals surface area contributed by atoms with E-state index in [1.807, 2.05) is 0 Å². The monoisotopic (exact) mass is 265 g/mol. The summed E-state index contributed by atoms with van der Waals surface area (Å²) in [6, 6.07) is 6.20. The lowest BCUT2D eigenvalue weighted by Crippen LogP contribution is -2.31. The molecule has 2 rings (SSSR count). The van der Waals surface area contributed by atoms with Crippen molar-refractivity contribution >= 4 is 11.9 Å². The molecule has 0 radical (unpaired) electrons. The van der Waals surface area contributed by atoms with Crippen LogP contribution in [0.4, 0.5) is 4.39 Å². The smallest absolute Gasteiger partial charge is 0.309 e. The van der Waals surface area contributed by atoms with Crippen molar-refractivity contribution in [1.29, 1.82) is 0 Å². The number of esters is 1. The van der Waals surface area contributed by atoms with Gasteiger partial charge in [0.15, 0.2) is 6.61 Å². The Kier molecular flexibility index (Phi) is 4.49. The number of nitrogens with one attached hydrogen (secondary N) is 1. The summed E-state index contributed by atoms with van der Waals surface area (Å²) >= 11 is 0. The Balaban J connectivity index is 1.70. The third-order valence-electron chi connectivity index (χ3n) is 3.22. The van der Waals surface area contributed by atoms with Crippen molar-refractivity contribution in [2.24, 2.45) is 5.92 Å². The van der Waals surface area contributed by atoms with Crippen LogP contribution in [0.5, 0.6) is 0 Å². The molecule has 1 fully saturated rings. The lowest BCUT2D eigenvalue weighted by molar-refractivity contribution is -0.155. The van der Waals surface area contributed by atoms with E-state index >= 15 is 0 Å². The van der Waals surface area contributed by atoms with E-state index < -0.39 is 5.91 Å². The molecule has 0 heterocycles. The fourth-order valence-electron chi connectivity index (χ4n) is 1.79. The molecule has 1 aromatic rings. The van der Waals surface area contributed by atoms with Gasteiger partial charge in [0.25, 0.3) is 5.91 Å². The fourth-order valence-corrected chi connectivity index (χ4v) is 1.79. The van der Waals surface area contributed by atoms with Gasteiger partial charge < -0.3 is 10.1 Å². The third kappa shape index (κ3) is 3.77. The first-order valence-corrected chi connectivity index (χ1v) is 6.33. The van der Waals surface area contributed by atoms with E-state index in [0.29, 0.717) is 5.56 Å². The van der Waals surface area contributed by atoms with Crippen LogP contribution in [0.25, 0.3) is 0 Å². The van der Waals surface area contributed by atoms with Gasteiger partial charge in [-0.15, -0.1) is 0 Å². The Morgan fingerprint density at radius 3 is 2.68 bits per heavy atom. The second-order valence-corrected chi connectivity index (χ2v) is 4.60. The van der Waals surface area contributed by atoms with Gasteiger partial charge in [-0.05, 0) is 18.9 Å². The highest BCUT2D eigenvalue weighted by Crippen LogP contribution is 2.27. The van der Waals surface area contributed by atoms with E-state index in [9.17, 15) is 14.0 Å². The highest BCUT2D eigenvalue weighted by atomic mass is 19.1. The molecule has 0 saturated heterocycles. The van der Waals surface area contributed by atoms with Crippen molar-refractivity contribution in [2.45, 2.75) is 25.8 Å². The number of hydrogen-bond donors (Lipinski definition) is 1. The van der Waals surface area contributed by atoms with Gasteiger partial charge in [-0.2, -0.15) is 0 Å². The molecule has 0 unspecified atom stereocenters. The van der Waals surface area contributed by atoms with E-state index in [4.69, 9.17) is 4.74 Å². The summed E-state index contributed by atoms with van der Waals surface area (Å²) in [4.78, 5) is 22.8. The SMILES string of the molecule is O=C(COC(=O)C1CCC1)NCc1ccccc1F. The standard InChI is InChI=1S/C14H16FNO3/c15-12-7-2-1-4-11(12)8-16-13(17)9-19-14(18)10-5-3-6-10/h1-2,4,7,10H,3,5-6,8-9H2,(H,16,17). The predicted molar refractivity (Wildman–Crippen MR) is 66.5 cm³/mol. The van der Waals surface area contributed by atoms with E-state index in [2.05, 4.69) is 5.32 Å². The number of benzene rings is 1. The average Bonchev–Trinajstić information content (AvgIpc) is 2.33. The third-order valence-corrected chi connectivity index (χ3v) is 3.22. The van der Waals surface area contributed by atoms with Gasteiger partial charge >= 0.3 is 5.97 Å². The first-order valence-electron chi connectivity index (χ1n) is 6.33. The minimum Gasteiger partial charge on any atom is -0.455 e. The topological polar surface area (TPSA) is 55.4 Å². The summed E-state index contributed by atoms with van der Waals surface area (Å²) in [6.07, 6.45) is 2.73. The molecule has 102 valence electrons. The minimum atomic E-state index is -0.420. The molecular weight excluding hydrogens is 249 g/mol. The second kappa shape index (κ2) is 6.31. The lowest BCUT2D eigenvalue weighted by atomic mass is 9.86. The van der Waals surface area contributed by atoms with Gasteiger partial charge in [-0.25, -0.2) is 4.39 Å². The van der Waals surface area contributed by atoms with Crippen LogP contribution < -0.4 is 5.32 Å². The highest BCUT2D eigenvalue weighted by molar-refractivity contribution is 5.81. The van der Waals surface area contributed by atoms with Gasteiger partial charge in [0, 0.05) is 12.1 Å². The Labute approximate surface area is 110 Å². The summed E-state index contributed by atoms with van der Waals surface area (Å²) in [5.74, 6) is -1.14. The van der Waals surface area contributed by atoms with Crippen molar-refractivity contribution in [3.8, 4) is 0 Å². The number of carbonyl (C=O) groups excluding carboxylic acids is 2. The molecule has 1 N–H and O–H groups in total. The Morgan fingerprint density at radius 2 is 2.05 bits per heavy atom. The molecular formula is C14H16FNO3. The van der Waals surface area contributed by atoms with Crippen LogP contribution in [0.1, 0.15) is 24.8 Å². The van der Waals surface area contributed by atoms with E-state index in [0.717, 1.165) is 19.3 Å². The molecule has 1 saturated carbocycles. The average molecular weight is 265 g/mol. The normalized spacial score (nSPS) is 14.6. The molecule has 1 aromatic carbocycles. The largest absolute Gasteiger partial charge is 0.455 e. The maximum Gasteiger partial charge on any atom is 0.309 e. The Morgan fingerprint density at radius 1 is 1.32 bits per heavy atom. The summed E-state index contributed by atoms with van der Waals surface area (Å²) < 4.78 is 18.2. The number of carbonyl (C=O) groups is 2. The molecule has 0 bridgehead atoms. The zero-order valence-electron chi connectivity index (χ0n) is 10.5. The molecule has 0 atom stereocenters. The highest BCUT2D eigenvalue weighted by Gasteiger charge is 2.26. The molecule has 0 aromatic heterocycles. The van der Waals surface area contributed by atoms with Gasteiger partial charge in [-0.1, -0.05) is 24.6 Å². The van der Waals surface area contributed by atoms with Crippen molar-refractivity contribution < 1.29 is 18.7 Å². The molecule has 1 amide bonds. The quantitative estimate of drug-likeness (QED) is 0.826. The maximum atomic E-state index is 13.3. The van der Waals surface area contributed by atoms with Crippen molar-refractivity contribution in [2.75, 3.05) is 6.61 Å². The predicted octanol–water partition coefficient (Wildman–Crippen LogP) is 1.79. The Bertz CT molecular complexity index is 472. The van der Waals surface area contributed by atoms with Gasteiger partial charge in [0.2, 0.25) is 0 Å². The van der Waals surface area contributed by atoms with E-state index in [1.54, 1.807) is 18.2 Å². The molecule has 0 spiro atoms. The second-order valence-electron chi connectivity index (χ2n) is 4.60. The van der Waals surface area contributed by atoms with Crippen LogP contribution in [-0.4, -0.2) is 18.5 Å². The lowest BCUT2D eigenvalue weighted by Gasteiger charge is -2.22. The fraction of sp³-hybridized carbons (Fsp3) is 0.429. The van der Waals surface area contributed by atoms with Crippen molar-refractivity contribution in [1.82, 2.24) is 5.32 Å². The van der Waals surface area contributed by atoms with Crippen LogP contribution in [0.15, 0.2) is 24.3 Å². The van der Waals surface area contributed by atoms with E-state index in [-0.39, 0.29) is 30.9 Å². The number of hydrogen-bond acceptors (Lipinski definition) is 3. The number of halogens is 1. The summed E-state index contributed by atoms with van der Waals surface area (Å²) in [5, 5.41) is 2.51.